The smallest absolute Gasteiger partial charge is 0.328 e. The summed E-state index contributed by atoms with van der Waals surface area (Å²) in [4.78, 5) is 25.8. The van der Waals surface area contributed by atoms with Gasteiger partial charge in [0, 0.05) is 28.2 Å². The van der Waals surface area contributed by atoms with Gasteiger partial charge < -0.3 is 14.4 Å². The van der Waals surface area contributed by atoms with E-state index in [1.54, 1.807) is 16.7 Å². The molecule has 0 unspecified atom stereocenters. The molecule has 0 saturated carbocycles. The summed E-state index contributed by atoms with van der Waals surface area (Å²) < 4.78 is 12.9. The van der Waals surface area contributed by atoms with Crippen LogP contribution >= 0.6 is 23.2 Å². The van der Waals surface area contributed by atoms with Crippen molar-refractivity contribution >= 4 is 51.6 Å². The zero-order valence-corrected chi connectivity index (χ0v) is 21.6. The molecule has 0 atom stereocenters. The summed E-state index contributed by atoms with van der Waals surface area (Å²) in [6.07, 6.45) is 4.29. The monoisotopic (exact) mass is 536 g/mol. The highest BCUT2D eigenvalue weighted by molar-refractivity contribution is 6.36. The van der Waals surface area contributed by atoms with Crippen LogP contribution in [0.2, 0.25) is 10.0 Å². The first-order valence-electron chi connectivity index (χ1n) is 11.8. The first kappa shape index (κ1) is 24.0. The maximum absolute atomic E-state index is 14.4. The van der Waals surface area contributed by atoms with E-state index >= 15 is 0 Å². The predicted octanol–water partition coefficient (Wildman–Crippen LogP) is 6.30. The molecule has 9 heteroatoms. The number of rotatable bonds is 4. The van der Waals surface area contributed by atoms with Crippen molar-refractivity contribution in [3.63, 3.8) is 0 Å². The third-order valence-electron chi connectivity index (χ3n) is 7.22. The van der Waals surface area contributed by atoms with Crippen molar-refractivity contribution in [3.8, 4) is 11.3 Å². The van der Waals surface area contributed by atoms with E-state index in [1.807, 2.05) is 38.2 Å². The maximum atomic E-state index is 14.4. The fraction of sp³-hybridized carbons (Fsp3) is 0.250. The molecule has 2 aliphatic rings. The maximum Gasteiger partial charge on any atom is 0.328 e. The highest BCUT2D eigenvalue weighted by atomic mass is 35.5. The molecule has 1 N–H and O–H groups in total. The average Bonchev–Trinajstić information content (AvgIpc) is 3.41. The fourth-order valence-corrected chi connectivity index (χ4v) is 6.11. The van der Waals surface area contributed by atoms with Crippen LogP contribution in [-0.4, -0.2) is 39.9 Å². The van der Waals surface area contributed by atoms with Crippen molar-refractivity contribution in [2.45, 2.75) is 32.1 Å². The number of allylic oxidation sites excluding steroid dienone is 1. The Bertz CT molecular complexity index is 1640. The molecule has 7 nitrogen and oxygen atoms in total. The Hall–Kier alpha value is -3.39. The van der Waals surface area contributed by atoms with Crippen LogP contribution in [-0.2, 0) is 21.4 Å². The average molecular weight is 537 g/mol. The molecule has 0 spiro atoms. The number of halogens is 2. The number of ether oxygens (including phenoxy) is 1. The van der Waals surface area contributed by atoms with E-state index in [2.05, 4.69) is 5.16 Å². The number of hydrogen-bond acceptors (Lipinski definition) is 5. The third kappa shape index (κ3) is 3.72. The number of carbonyl (C=O) groups is 2. The number of aliphatic carboxylic acids is 1. The first-order chi connectivity index (χ1) is 17.7. The van der Waals surface area contributed by atoms with Gasteiger partial charge in [0.05, 0.1) is 29.2 Å². The number of hydrogen-bond donors (Lipinski definition) is 1. The summed E-state index contributed by atoms with van der Waals surface area (Å²) in [5.41, 5.74) is 4.77. The van der Waals surface area contributed by atoms with Gasteiger partial charge in [-0.05, 0) is 67.2 Å². The van der Waals surface area contributed by atoms with E-state index in [9.17, 15) is 14.7 Å². The topological polar surface area (TPSA) is 94.6 Å². The van der Waals surface area contributed by atoms with Gasteiger partial charge in [-0.1, -0.05) is 40.5 Å². The quantitative estimate of drug-likeness (QED) is 0.307. The van der Waals surface area contributed by atoms with Gasteiger partial charge in [0.2, 0.25) is 0 Å². The van der Waals surface area contributed by atoms with E-state index in [0.717, 1.165) is 27.6 Å². The first-order valence-corrected chi connectivity index (χ1v) is 12.6. The van der Waals surface area contributed by atoms with Crippen LogP contribution in [0.25, 0.3) is 27.7 Å². The molecule has 37 heavy (non-hydrogen) atoms. The van der Waals surface area contributed by atoms with Crippen LogP contribution in [0.15, 0.2) is 47.1 Å². The third-order valence-corrected chi connectivity index (χ3v) is 7.73. The zero-order valence-electron chi connectivity index (χ0n) is 20.1. The zero-order chi connectivity index (χ0) is 26.1. The molecule has 2 aromatic heterocycles. The molecule has 0 amide bonds. The van der Waals surface area contributed by atoms with Gasteiger partial charge >= 0.3 is 5.97 Å². The second-order valence-electron chi connectivity index (χ2n) is 9.91. The Balaban J connectivity index is 1.58. The van der Waals surface area contributed by atoms with Crippen LogP contribution in [0.3, 0.4) is 0 Å². The van der Waals surface area contributed by atoms with Crippen LogP contribution < -0.4 is 0 Å². The molecular weight excluding hydrogens is 515 g/mol. The Morgan fingerprint density at radius 1 is 1.19 bits per heavy atom. The van der Waals surface area contributed by atoms with E-state index in [4.69, 9.17) is 32.5 Å². The molecule has 6 rings (SSSR count). The molecule has 2 aromatic carbocycles. The molecule has 0 bridgehead atoms. The van der Waals surface area contributed by atoms with Gasteiger partial charge in [-0.25, -0.2) is 4.79 Å². The minimum absolute atomic E-state index is 0.302. The van der Waals surface area contributed by atoms with E-state index in [1.165, 1.54) is 6.08 Å². The Morgan fingerprint density at radius 3 is 2.65 bits per heavy atom. The fourth-order valence-electron chi connectivity index (χ4n) is 5.43. The number of aromatic nitrogens is 2. The summed E-state index contributed by atoms with van der Waals surface area (Å²) in [6.45, 7) is 4.64. The molecule has 4 aromatic rings. The molecule has 1 aliphatic carbocycles. The highest BCUT2D eigenvalue weighted by Gasteiger charge is 2.44. The van der Waals surface area contributed by atoms with Gasteiger partial charge in [-0.3, -0.25) is 9.36 Å². The Morgan fingerprint density at radius 2 is 1.97 bits per heavy atom. The number of carboxylic acids is 1. The standard InChI is InChI=1S/C28H22Cl2N2O5/c1-14-8-17(29)10-19(30)22(14)25-24(26(37-31-25)28(2)12-36-13-28)27(35)32-11-16-7-6-15(9-21(33)34)18-4-3-5-20(32)23(16)18/h3-5,8-11H,6-7,12-13H2,1-2H3,(H,33,34)/b15-9+. The Labute approximate surface area is 222 Å². The van der Waals surface area contributed by atoms with Crippen molar-refractivity contribution in [1.82, 2.24) is 9.72 Å². The molecule has 0 radical (unpaired) electrons. The second kappa shape index (κ2) is 8.58. The van der Waals surface area contributed by atoms with Gasteiger partial charge in [0.15, 0.2) is 5.76 Å². The predicted molar refractivity (Wildman–Crippen MR) is 140 cm³/mol. The largest absolute Gasteiger partial charge is 0.478 e. The van der Waals surface area contributed by atoms with Gasteiger partial charge in [0.1, 0.15) is 11.3 Å². The van der Waals surface area contributed by atoms with Crippen LogP contribution in [0.4, 0.5) is 0 Å². The van der Waals surface area contributed by atoms with E-state index < -0.39 is 11.4 Å². The number of aryl methyl sites for hydroxylation is 2. The number of benzene rings is 2. The lowest BCUT2D eigenvalue weighted by atomic mass is 9.82. The van der Waals surface area contributed by atoms with Crippen molar-refractivity contribution in [3.05, 3.63) is 80.7 Å². The normalized spacial score (nSPS) is 17.2. The summed E-state index contributed by atoms with van der Waals surface area (Å²) in [6, 6.07) is 8.99. The molecule has 3 heterocycles. The van der Waals surface area contributed by atoms with E-state index in [-0.39, 0.29) is 5.91 Å². The summed E-state index contributed by atoms with van der Waals surface area (Å²) in [5.74, 6) is -0.843. The summed E-state index contributed by atoms with van der Waals surface area (Å²) >= 11 is 12.8. The molecular formula is C28H22Cl2N2O5. The second-order valence-corrected chi connectivity index (χ2v) is 10.7. The number of carbonyl (C=O) groups excluding carboxylic acids is 1. The SMILES string of the molecule is Cc1cc(Cl)cc(Cl)c1-c1noc(C2(C)COC2)c1C(=O)n1cc2c3c(cccc31)/C(=C/C(=O)O)CC2. The number of carboxylic acid groups (broad SMARTS) is 1. The van der Waals surface area contributed by atoms with Crippen molar-refractivity contribution in [1.29, 1.82) is 0 Å². The summed E-state index contributed by atoms with van der Waals surface area (Å²) in [7, 11) is 0. The molecule has 1 aliphatic heterocycles. The molecule has 188 valence electrons. The number of nitrogens with zero attached hydrogens (tertiary/aromatic N) is 2. The van der Waals surface area contributed by atoms with Gasteiger partial charge in [-0.2, -0.15) is 0 Å². The lowest BCUT2D eigenvalue weighted by molar-refractivity contribution is -0.131. The van der Waals surface area contributed by atoms with Crippen molar-refractivity contribution in [2.24, 2.45) is 0 Å². The van der Waals surface area contributed by atoms with Crippen LogP contribution in [0.5, 0.6) is 0 Å². The lowest BCUT2D eigenvalue weighted by Gasteiger charge is -2.36. The van der Waals surface area contributed by atoms with Gasteiger partial charge in [0.25, 0.3) is 5.91 Å². The van der Waals surface area contributed by atoms with Crippen molar-refractivity contribution < 1.29 is 24.0 Å². The molecule has 1 fully saturated rings. The van der Waals surface area contributed by atoms with Crippen LogP contribution in [0, 0.1) is 6.92 Å². The minimum Gasteiger partial charge on any atom is -0.478 e. The van der Waals surface area contributed by atoms with Crippen LogP contribution in [0.1, 0.15) is 46.2 Å². The molecule has 1 saturated heterocycles. The van der Waals surface area contributed by atoms with Gasteiger partial charge in [-0.15, -0.1) is 0 Å². The van der Waals surface area contributed by atoms with E-state index in [0.29, 0.717) is 64.2 Å². The lowest BCUT2D eigenvalue weighted by Crippen LogP contribution is -2.44. The van der Waals surface area contributed by atoms with Crippen molar-refractivity contribution in [2.75, 3.05) is 13.2 Å². The summed E-state index contributed by atoms with van der Waals surface area (Å²) in [5, 5.41) is 15.4. The highest BCUT2D eigenvalue weighted by Crippen LogP contribution is 2.43. The Kier molecular flexibility index (Phi) is 5.56. The minimum atomic E-state index is -0.990.